The summed E-state index contributed by atoms with van der Waals surface area (Å²) in [5.74, 6) is 0. The fourth-order valence-electron chi connectivity index (χ4n) is 3.79. The van der Waals surface area contributed by atoms with Gasteiger partial charge in [-0.15, -0.1) is 0 Å². The largest absolute Gasteiger partial charge is 0.0856 e. The zero-order chi connectivity index (χ0) is 24.2. The normalized spacial score (nSPS) is 14.2. The van der Waals surface area contributed by atoms with Gasteiger partial charge >= 0.3 is 0 Å². The zero-order valence-electron chi connectivity index (χ0n) is 22.9. The van der Waals surface area contributed by atoms with E-state index in [9.17, 15) is 0 Å². The Balaban J connectivity index is 4.07. The van der Waals surface area contributed by atoms with Crippen LogP contribution in [0.3, 0.4) is 0 Å². The molecule has 0 saturated carbocycles. The van der Waals surface area contributed by atoms with Crippen molar-refractivity contribution >= 4 is 0 Å². The molecule has 0 aliphatic rings. The molecule has 32 heavy (non-hydrogen) atoms. The number of allylic oxidation sites excluding steroid dienone is 12. The van der Waals surface area contributed by atoms with Gasteiger partial charge in [-0.1, -0.05) is 83.2 Å². The van der Waals surface area contributed by atoms with E-state index < -0.39 is 0 Å². The van der Waals surface area contributed by atoms with Crippen LogP contribution in [0.25, 0.3) is 0 Å². The van der Waals surface area contributed by atoms with Crippen molar-refractivity contribution in [3.63, 3.8) is 0 Å². The molecule has 0 nitrogen and oxygen atoms in total. The third-order valence-corrected chi connectivity index (χ3v) is 5.98. The summed E-state index contributed by atoms with van der Waals surface area (Å²) in [7, 11) is 0. The molecule has 0 aliphatic heterocycles. The minimum Gasteiger partial charge on any atom is -0.0856 e. The Morgan fingerprint density at radius 2 is 0.656 bits per heavy atom. The van der Waals surface area contributed by atoms with Crippen LogP contribution in [0, 0.1) is 0 Å². The maximum Gasteiger partial charge on any atom is -0.0288 e. The summed E-state index contributed by atoms with van der Waals surface area (Å²) in [6, 6.07) is 0. The fraction of sp³-hybridized carbons (Fsp3) is 0.625. The van der Waals surface area contributed by atoms with E-state index in [1.165, 1.54) is 105 Å². The molecule has 0 aliphatic carbocycles. The van der Waals surface area contributed by atoms with E-state index >= 15 is 0 Å². The topological polar surface area (TPSA) is 0 Å². The first-order valence-electron chi connectivity index (χ1n) is 13.2. The van der Waals surface area contributed by atoms with Gasteiger partial charge in [0.15, 0.2) is 0 Å². The molecule has 182 valence electrons. The van der Waals surface area contributed by atoms with Gasteiger partial charge < -0.3 is 0 Å². The average Bonchev–Trinajstić information content (AvgIpc) is 2.71. The van der Waals surface area contributed by atoms with Crippen LogP contribution >= 0.6 is 0 Å². The maximum atomic E-state index is 2.44. The van der Waals surface area contributed by atoms with Gasteiger partial charge in [-0.05, 0) is 119 Å². The Labute approximate surface area is 202 Å². The van der Waals surface area contributed by atoms with E-state index in [1.807, 2.05) is 0 Å². The molecule has 0 heterocycles. The van der Waals surface area contributed by atoms with Crippen molar-refractivity contribution in [1.29, 1.82) is 0 Å². The summed E-state index contributed by atoms with van der Waals surface area (Å²) in [5, 5.41) is 0. The predicted octanol–water partition coefficient (Wildman–Crippen LogP) is 11.4. The quantitative estimate of drug-likeness (QED) is 0.156. The summed E-state index contributed by atoms with van der Waals surface area (Å²) >= 11 is 0. The second-order valence-electron chi connectivity index (χ2n) is 10.0. The molecule has 0 saturated heterocycles. The Morgan fingerprint density at radius 3 is 0.969 bits per heavy atom. The van der Waals surface area contributed by atoms with Crippen molar-refractivity contribution in [1.82, 2.24) is 0 Å². The Morgan fingerprint density at radius 1 is 0.375 bits per heavy atom. The van der Waals surface area contributed by atoms with E-state index in [4.69, 9.17) is 0 Å². The zero-order valence-corrected chi connectivity index (χ0v) is 22.9. The van der Waals surface area contributed by atoms with E-state index in [0.29, 0.717) is 0 Å². The van der Waals surface area contributed by atoms with E-state index in [1.54, 1.807) is 5.57 Å². The van der Waals surface area contributed by atoms with Crippen LogP contribution in [0.15, 0.2) is 69.9 Å². The van der Waals surface area contributed by atoms with Crippen molar-refractivity contribution in [3.05, 3.63) is 69.9 Å². The molecule has 0 amide bonds. The maximum absolute atomic E-state index is 2.44. The lowest BCUT2D eigenvalue weighted by Gasteiger charge is -2.03. The van der Waals surface area contributed by atoms with Crippen LogP contribution in [0.4, 0.5) is 0 Å². The van der Waals surface area contributed by atoms with Crippen LogP contribution in [-0.4, -0.2) is 0 Å². The van der Waals surface area contributed by atoms with E-state index in [2.05, 4.69) is 91.8 Å². The monoisotopic (exact) mass is 438 g/mol. The highest BCUT2D eigenvalue weighted by Gasteiger charge is 1.94. The molecule has 0 atom stereocenters. The molecular weight excluding hydrogens is 384 g/mol. The standard InChI is InChI=1S/C32H54/c1-9-16-28(4)21-13-24-32(8)26-15-23-30(6)19-11-10-18-29(5)22-14-25-31(7)20-12-17-27(2)3/h17-19,21,25-26H,9-16,20,22-24H2,1-8H3/b28-21+,29-18+,30-19+,31-25?,32-26+. The number of hydrogen-bond donors (Lipinski definition) is 0. The van der Waals surface area contributed by atoms with Gasteiger partial charge in [0, 0.05) is 0 Å². The van der Waals surface area contributed by atoms with Gasteiger partial charge in [0.2, 0.25) is 0 Å². The number of hydrogen-bond acceptors (Lipinski definition) is 0. The SMILES string of the molecule is CCC/C(C)=C/CC/C(C)=C/CC/C(C)=C/CC/C=C(\C)CCC=C(C)CCC=C(C)C. The van der Waals surface area contributed by atoms with Crippen molar-refractivity contribution in [2.75, 3.05) is 0 Å². The molecule has 0 rings (SSSR count). The molecule has 0 N–H and O–H groups in total. The van der Waals surface area contributed by atoms with Crippen LogP contribution in [-0.2, 0) is 0 Å². The number of unbranched alkanes of at least 4 members (excludes halogenated alkanes) is 1. The Hall–Kier alpha value is -1.56. The van der Waals surface area contributed by atoms with Gasteiger partial charge in [0.1, 0.15) is 0 Å². The van der Waals surface area contributed by atoms with Crippen molar-refractivity contribution < 1.29 is 0 Å². The van der Waals surface area contributed by atoms with Crippen molar-refractivity contribution in [2.45, 2.75) is 132 Å². The predicted molar refractivity (Wildman–Crippen MR) is 149 cm³/mol. The van der Waals surface area contributed by atoms with Crippen LogP contribution in [0.2, 0.25) is 0 Å². The van der Waals surface area contributed by atoms with Crippen LogP contribution < -0.4 is 0 Å². The molecule has 0 spiro atoms. The van der Waals surface area contributed by atoms with Crippen molar-refractivity contribution in [3.8, 4) is 0 Å². The van der Waals surface area contributed by atoms with E-state index in [-0.39, 0.29) is 0 Å². The summed E-state index contributed by atoms with van der Waals surface area (Å²) in [4.78, 5) is 0. The molecule has 0 unspecified atom stereocenters. The third-order valence-electron chi connectivity index (χ3n) is 5.98. The summed E-state index contributed by atoms with van der Waals surface area (Å²) in [6.07, 6.45) is 28.9. The molecule has 0 aromatic heterocycles. The Kier molecular flexibility index (Phi) is 19.1. The highest BCUT2D eigenvalue weighted by Crippen LogP contribution is 2.15. The highest BCUT2D eigenvalue weighted by molar-refractivity contribution is 5.08. The molecule has 0 fully saturated rings. The molecule has 0 bridgehead atoms. The lowest BCUT2D eigenvalue weighted by Crippen LogP contribution is -1.82. The summed E-state index contributed by atoms with van der Waals surface area (Å²) < 4.78 is 0. The lowest BCUT2D eigenvalue weighted by molar-refractivity contribution is 0.874. The Bertz CT molecular complexity index is 669. The first-order valence-corrected chi connectivity index (χ1v) is 13.2. The van der Waals surface area contributed by atoms with Crippen LogP contribution in [0.5, 0.6) is 0 Å². The minimum atomic E-state index is 1.17. The highest BCUT2D eigenvalue weighted by atomic mass is 14.0. The molecule has 0 radical (unpaired) electrons. The first-order chi connectivity index (χ1) is 15.2. The summed E-state index contributed by atoms with van der Waals surface area (Å²) in [6.45, 7) is 18.0. The number of rotatable bonds is 17. The minimum absolute atomic E-state index is 1.17. The van der Waals surface area contributed by atoms with Gasteiger partial charge in [0.25, 0.3) is 0 Å². The average molecular weight is 439 g/mol. The van der Waals surface area contributed by atoms with E-state index in [0.717, 1.165) is 0 Å². The van der Waals surface area contributed by atoms with Gasteiger partial charge in [-0.25, -0.2) is 0 Å². The van der Waals surface area contributed by atoms with Gasteiger partial charge in [-0.2, -0.15) is 0 Å². The van der Waals surface area contributed by atoms with Gasteiger partial charge in [0.05, 0.1) is 0 Å². The molecule has 0 aromatic carbocycles. The smallest absolute Gasteiger partial charge is 0.0288 e. The lowest BCUT2D eigenvalue weighted by atomic mass is 10.0. The molecular formula is C32H54. The fourth-order valence-corrected chi connectivity index (χ4v) is 3.79. The summed E-state index contributed by atoms with van der Waals surface area (Å²) in [5.41, 5.74) is 9.11. The van der Waals surface area contributed by atoms with Crippen LogP contribution in [0.1, 0.15) is 132 Å². The first kappa shape index (κ1) is 30.4. The second-order valence-corrected chi connectivity index (χ2v) is 10.0. The molecule has 0 aromatic rings. The third kappa shape index (κ3) is 20.3. The second kappa shape index (κ2) is 20.1. The van der Waals surface area contributed by atoms with Crippen molar-refractivity contribution in [2.24, 2.45) is 0 Å². The van der Waals surface area contributed by atoms with Gasteiger partial charge in [-0.3, -0.25) is 0 Å². The molecule has 0 heteroatoms.